The predicted molar refractivity (Wildman–Crippen MR) is 89.2 cm³/mol. The fraction of sp³-hybridized carbons (Fsp3) is 0.550. The van der Waals surface area contributed by atoms with E-state index in [0.717, 1.165) is 37.2 Å². The Hall–Kier alpha value is -1.76. The van der Waals surface area contributed by atoms with Gasteiger partial charge in [0.25, 0.3) is 0 Å². The number of rotatable bonds is 6. The van der Waals surface area contributed by atoms with Crippen LogP contribution in [0, 0.1) is 23.2 Å². The topological polar surface area (TPSA) is 23.8 Å². The van der Waals surface area contributed by atoms with Crippen LogP contribution in [0.25, 0.3) is 0 Å². The van der Waals surface area contributed by atoms with E-state index in [1.165, 1.54) is 37.8 Å². The molecule has 130 valence electrons. The largest absolute Gasteiger partial charge is 0.416 e. The van der Waals surface area contributed by atoms with Crippen molar-refractivity contribution in [1.82, 2.24) is 0 Å². The molecule has 0 atom stereocenters. The summed E-state index contributed by atoms with van der Waals surface area (Å²) < 4.78 is 37.6. The van der Waals surface area contributed by atoms with E-state index in [2.05, 4.69) is 0 Å². The molecule has 0 bridgehead atoms. The van der Waals surface area contributed by atoms with Gasteiger partial charge in [0, 0.05) is 6.08 Å². The van der Waals surface area contributed by atoms with Gasteiger partial charge in [-0.1, -0.05) is 43.9 Å². The lowest BCUT2D eigenvalue weighted by Crippen LogP contribution is -2.15. The standard InChI is InChI=1S/C20H24F3N/c21-20(22,23)19-13-11-18(12-14-19)10-9-17-7-5-16(6-8-17)4-2-1-3-15-24/h1,3,11-14,16-17H,2,4-10H2/b3-1+. The lowest BCUT2D eigenvalue weighted by molar-refractivity contribution is -0.137. The Labute approximate surface area is 142 Å². The highest BCUT2D eigenvalue weighted by Gasteiger charge is 2.30. The van der Waals surface area contributed by atoms with Gasteiger partial charge >= 0.3 is 6.18 Å². The van der Waals surface area contributed by atoms with Crippen molar-refractivity contribution < 1.29 is 13.2 Å². The summed E-state index contributed by atoms with van der Waals surface area (Å²) in [6.45, 7) is 0. The fourth-order valence-corrected chi connectivity index (χ4v) is 3.51. The maximum absolute atomic E-state index is 12.5. The summed E-state index contributed by atoms with van der Waals surface area (Å²) in [6, 6.07) is 7.59. The van der Waals surface area contributed by atoms with Gasteiger partial charge in [0.15, 0.2) is 0 Å². The number of benzene rings is 1. The smallest absolute Gasteiger partial charge is 0.193 e. The molecule has 1 aliphatic carbocycles. The molecule has 4 heteroatoms. The van der Waals surface area contributed by atoms with Crippen LogP contribution >= 0.6 is 0 Å². The van der Waals surface area contributed by atoms with Gasteiger partial charge in [0.2, 0.25) is 0 Å². The number of hydrogen-bond donors (Lipinski definition) is 0. The monoisotopic (exact) mass is 335 g/mol. The summed E-state index contributed by atoms with van der Waals surface area (Å²) in [5.41, 5.74) is 0.420. The van der Waals surface area contributed by atoms with Crippen molar-refractivity contribution in [2.45, 2.75) is 57.5 Å². The van der Waals surface area contributed by atoms with Gasteiger partial charge in [-0.3, -0.25) is 0 Å². The van der Waals surface area contributed by atoms with Crippen LogP contribution in [0.4, 0.5) is 13.2 Å². The number of allylic oxidation sites excluding steroid dienone is 2. The quantitative estimate of drug-likeness (QED) is 0.559. The number of nitrogens with zero attached hydrogens (tertiary/aromatic N) is 1. The molecule has 0 aliphatic heterocycles. The second-order valence-electron chi connectivity index (χ2n) is 6.73. The molecule has 0 N–H and O–H groups in total. The zero-order chi connectivity index (χ0) is 17.4. The Bertz CT molecular complexity index is 558. The van der Waals surface area contributed by atoms with E-state index in [1.807, 2.05) is 12.1 Å². The summed E-state index contributed by atoms with van der Waals surface area (Å²) >= 11 is 0. The van der Waals surface area contributed by atoms with E-state index in [4.69, 9.17) is 5.26 Å². The molecule has 1 nitrogen and oxygen atoms in total. The Morgan fingerprint density at radius 2 is 1.58 bits per heavy atom. The van der Waals surface area contributed by atoms with Gasteiger partial charge in [0.05, 0.1) is 11.6 Å². The van der Waals surface area contributed by atoms with Gasteiger partial charge in [-0.25, -0.2) is 0 Å². The minimum absolute atomic E-state index is 0.572. The second kappa shape index (κ2) is 8.92. The fourth-order valence-electron chi connectivity index (χ4n) is 3.51. The van der Waals surface area contributed by atoms with Gasteiger partial charge < -0.3 is 0 Å². The molecule has 0 heterocycles. The van der Waals surface area contributed by atoms with Crippen molar-refractivity contribution in [3.8, 4) is 6.07 Å². The number of alkyl halides is 3. The third kappa shape index (κ3) is 6.03. The third-order valence-corrected chi connectivity index (χ3v) is 5.02. The van der Waals surface area contributed by atoms with Gasteiger partial charge in [-0.05, 0) is 55.2 Å². The molecule has 1 aromatic carbocycles. The molecule has 0 aromatic heterocycles. The average molecular weight is 335 g/mol. The highest BCUT2D eigenvalue weighted by molar-refractivity contribution is 5.24. The maximum atomic E-state index is 12.5. The lowest BCUT2D eigenvalue weighted by atomic mass is 9.78. The molecule has 1 saturated carbocycles. The van der Waals surface area contributed by atoms with Crippen LogP contribution in [0.3, 0.4) is 0 Å². The molecule has 1 fully saturated rings. The minimum atomic E-state index is -4.25. The van der Waals surface area contributed by atoms with E-state index in [0.29, 0.717) is 5.92 Å². The Kier molecular flexibility index (Phi) is 6.90. The zero-order valence-electron chi connectivity index (χ0n) is 13.9. The molecule has 24 heavy (non-hydrogen) atoms. The first kappa shape index (κ1) is 18.6. The normalized spacial score (nSPS) is 21.8. The average Bonchev–Trinajstić information content (AvgIpc) is 2.57. The summed E-state index contributed by atoms with van der Waals surface area (Å²) in [5, 5.41) is 8.45. The Morgan fingerprint density at radius 3 is 2.12 bits per heavy atom. The zero-order valence-corrected chi connectivity index (χ0v) is 13.9. The molecule has 1 aliphatic rings. The van der Waals surface area contributed by atoms with E-state index < -0.39 is 11.7 Å². The second-order valence-corrected chi connectivity index (χ2v) is 6.73. The van der Waals surface area contributed by atoms with Crippen LogP contribution in [0.2, 0.25) is 0 Å². The van der Waals surface area contributed by atoms with Crippen LogP contribution < -0.4 is 0 Å². The van der Waals surface area contributed by atoms with Crippen molar-refractivity contribution in [2.24, 2.45) is 11.8 Å². The number of hydrogen-bond acceptors (Lipinski definition) is 1. The van der Waals surface area contributed by atoms with Crippen molar-refractivity contribution in [3.05, 3.63) is 47.5 Å². The van der Waals surface area contributed by atoms with Crippen molar-refractivity contribution in [3.63, 3.8) is 0 Å². The van der Waals surface area contributed by atoms with E-state index in [1.54, 1.807) is 18.2 Å². The lowest BCUT2D eigenvalue weighted by Gasteiger charge is -2.28. The van der Waals surface area contributed by atoms with Crippen LogP contribution in [-0.4, -0.2) is 0 Å². The molecular weight excluding hydrogens is 311 g/mol. The van der Waals surface area contributed by atoms with E-state index >= 15 is 0 Å². The van der Waals surface area contributed by atoms with Crippen molar-refractivity contribution in [2.75, 3.05) is 0 Å². The Morgan fingerprint density at radius 1 is 1.00 bits per heavy atom. The Balaban J connectivity index is 1.69. The molecule has 0 spiro atoms. The van der Waals surface area contributed by atoms with Crippen LogP contribution in [-0.2, 0) is 12.6 Å². The molecule has 1 aromatic rings. The van der Waals surface area contributed by atoms with Gasteiger partial charge in [-0.2, -0.15) is 18.4 Å². The molecule has 2 rings (SSSR count). The number of nitriles is 1. The SMILES string of the molecule is N#C/C=C/CCC1CCC(CCc2ccc(C(F)(F)F)cc2)CC1. The van der Waals surface area contributed by atoms with Crippen LogP contribution in [0.15, 0.2) is 36.4 Å². The summed E-state index contributed by atoms with van der Waals surface area (Å²) in [5.74, 6) is 1.45. The third-order valence-electron chi connectivity index (χ3n) is 5.02. The first-order chi connectivity index (χ1) is 11.5. The van der Waals surface area contributed by atoms with Gasteiger partial charge in [-0.15, -0.1) is 0 Å². The minimum Gasteiger partial charge on any atom is -0.193 e. The summed E-state index contributed by atoms with van der Waals surface area (Å²) in [7, 11) is 0. The summed E-state index contributed by atoms with van der Waals surface area (Å²) in [4.78, 5) is 0. The molecule has 0 unspecified atom stereocenters. The number of halogens is 3. The van der Waals surface area contributed by atoms with E-state index in [-0.39, 0.29) is 0 Å². The summed E-state index contributed by atoms with van der Waals surface area (Å²) in [6.07, 6.45) is 8.20. The maximum Gasteiger partial charge on any atom is 0.416 e. The van der Waals surface area contributed by atoms with Crippen molar-refractivity contribution >= 4 is 0 Å². The van der Waals surface area contributed by atoms with Crippen LogP contribution in [0.1, 0.15) is 56.1 Å². The molecule has 0 saturated heterocycles. The first-order valence-electron chi connectivity index (χ1n) is 8.70. The highest BCUT2D eigenvalue weighted by Crippen LogP contribution is 2.34. The molecule has 0 amide bonds. The molecular formula is C20H24F3N. The van der Waals surface area contributed by atoms with Gasteiger partial charge in [0.1, 0.15) is 0 Å². The van der Waals surface area contributed by atoms with Crippen molar-refractivity contribution in [1.29, 1.82) is 5.26 Å². The van der Waals surface area contributed by atoms with E-state index in [9.17, 15) is 13.2 Å². The molecule has 0 radical (unpaired) electrons. The first-order valence-corrected chi connectivity index (χ1v) is 8.70. The highest BCUT2D eigenvalue weighted by atomic mass is 19.4. The number of aryl methyl sites for hydroxylation is 1. The predicted octanol–water partition coefficient (Wildman–Crippen LogP) is 6.30. The van der Waals surface area contributed by atoms with Crippen LogP contribution in [0.5, 0.6) is 0 Å².